The van der Waals surface area contributed by atoms with Crippen LogP contribution in [0.4, 0.5) is 0 Å². The van der Waals surface area contributed by atoms with Crippen molar-refractivity contribution in [2.24, 2.45) is 11.8 Å². The van der Waals surface area contributed by atoms with Crippen molar-refractivity contribution in [2.45, 2.75) is 70.6 Å². The maximum absolute atomic E-state index is 13.0. The van der Waals surface area contributed by atoms with Crippen molar-refractivity contribution < 1.29 is 39.2 Å². The van der Waals surface area contributed by atoms with Gasteiger partial charge in [-0.25, -0.2) is 0 Å². The third kappa shape index (κ3) is 5.42. The van der Waals surface area contributed by atoms with Crippen molar-refractivity contribution in [3.63, 3.8) is 0 Å². The van der Waals surface area contributed by atoms with Crippen LogP contribution in [0.25, 0.3) is 0 Å². The van der Waals surface area contributed by atoms with E-state index in [9.17, 15) is 29.7 Å². The quantitative estimate of drug-likeness (QED) is 0.402. The van der Waals surface area contributed by atoms with Gasteiger partial charge in [-0.05, 0) is 33.1 Å². The smallest absolute Gasteiger partial charge is 0.306 e. The zero-order valence-corrected chi connectivity index (χ0v) is 17.5. The van der Waals surface area contributed by atoms with Gasteiger partial charge in [0.05, 0.1) is 6.61 Å². The zero-order chi connectivity index (χ0) is 22.1. The van der Waals surface area contributed by atoms with Gasteiger partial charge < -0.3 is 29.7 Å². The van der Waals surface area contributed by atoms with Gasteiger partial charge in [0.15, 0.2) is 5.78 Å². The molecule has 3 N–H and O–H groups in total. The Bertz CT molecular complexity index is 682. The van der Waals surface area contributed by atoms with Gasteiger partial charge in [-0.2, -0.15) is 0 Å². The van der Waals surface area contributed by atoms with Crippen molar-refractivity contribution in [2.75, 3.05) is 13.7 Å². The molecule has 0 aromatic rings. The molecule has 1 fully saturated rings. The van der Waals surface area contributed by atoms with E-state index in [-0.39, 0.29) is 24.3 Å². The first-order chi connectivity index (χ1) is 13.4. The molecule has 0 radical (unpaired) electrons. The van der Waals surface area contributed by atoms with Crippen molar-refractivity contribution in [1.82, 2.24) is 4.90 Å². The summed E-state index contributed by atoms with van der Waals surface area (Å²) in [6.45, 7) is 6.53. The molecule has 0 aromatic heterocycles. The summed E-state index contributed by atoms with van der Waals surface area (Å²) in [7, 11) is 1.49. The van der Waals surface area contributed by atoms with Crippen LogP contribution >= 0.6 is 0 Å². The number of esters is 1. The molecule has 0 spiro atoms. The van der Waals surface area contributed by atoms with Crippen molar-refractivity contribution in [1.29, 1.82) is 0 Å². The lowest BCUT2D eigenvalue weighted by Crippen LogP contribution is -2.45. The lowest BCUT2D eigenvalue weighted by molar-refractivity contribution is -0.156. The minimum atomic E-state index is -1.40. The number of aliphatic hydroxyl groups is 3. The van der Waals surface area contributed by atoms with Gasteiger partial charge in [0.2, 0.25) is 5.91 Å². The number of hydrogen-bond acceptors (Lipinski definition) is 8. The van der Waals surface area contributed by atoms with E-state index in [1.165, 1.54) is 18.1 Å². The van der Waals surface area contributed by atoms with Crippen molar-refractivity contribution in [3.8, 4) is 0 Å². The highest BCUT2D eigenvalue weighted by molar-refractivity contribution is 6.12. The number of nitrogens with zero attached hydrogens (tertiary/aromatic N) is 1. The standard InChI is InChI=1S/C20H31NO8/c1-10(7-14(23)29-20(2,3)4)6-11-15(24)12(8-21(5)19(11)27)18-17(26)16(25)13(9-22)28-18/h8,10-11,13,16-18,22,25-26H,6-7,9H2,1-5H3/t10-,11?,13-,16+,17?,18+/m1/s1. The number of ketones is 1. The van der Waals surface area contributed by atoms with Crippen LogP contribution in [-0.4, -0.2) is 81.6 Å². The SMILES string of the molecule is C[C@@H](CC(=O)OC(C)(C)C)CC1C(=O)C([C@@H]2O[C@H](CO)[C@H](O)C2O)=CN(C)C1=O. The molecule has 9 nitrogen and oxygen atoms in total. The molecule has 9 heteroatoms. The van der Waals surface area contributed by atoms with Gasteiger partial charge in [-0.3, -0.25) is 14.4 Å². The lowest BCUT2D eigenvalue weighted by atomic mass is 9.82. The molecular formula is C20H31NO8. The van der Waals surface area contributed by atoms with Gasteiger partial charge in [0, 0.05) is 25.2 Å². The second kappa shape index (κ2) is 8.91. The van der Waals surface area contributed by atoms with E-state index in [1.54, 1.807) is 27.7 Å². The number of ether oxygens (including phenoxy) is 2. The highest BCUT2D eigenvalue weighted by Crippen LogP contribution is 2.33. The minimum Gasteiger partial charge on any atom is -0.460 e. The van der Waals surface area contributed by atoms with Crippen LogP contribution in [0, 0.1) is 11.8 Å². The van der Waals surface area contributed by atoms with E-state index < -0.39 is 60.2 Å². The van der Waals surface area contributed by atoms with E-state index in [1.807, 2.05) is 0 Å². The third-order valence-electron chi connectivity index (χ3n) is 5.00. The Morgan fingerprint density at radius 3 is 2.41 bits per heavy atom. The summed E-state index contributed by atoms with van der Waals surface area (Å²) >= 11 is 0. The highest BCUT2D eigenvalue weighted by Gasteiger charge is 2.49. The van der Waals surface area contributed by atoms with Crippen LogP contribution in [-0.2, 0) is 23.9 Å². The molecule has 0 aliphatic carbocycles. The molecule has 2 aliphatic heterocycles. The maximum atomic E-state index is 13.0. The summed E-state index contributed by atoms with van der Waals surface area (Å²) in [5.41, 5.74) is -0.562. The van der Waals surface area contributed by atoms with Crippen LogP contribution in [0.5, 0.6) is 0 Å². The maximum Gasteiger partial charge on any atom is 0.306 e. The summed E-state index contributed by atoms with van der Waals surface area (Å²) in [4.78, 5) is 38.9. The van der Waals surface area contributed by atoms with Crippen LogP contribution in [0.15, 0.2) is 11.8 Å². The fourth-order valence-electron chi connectivity index (χ4n) is 3.63. The number of rotatable bonds is 6. The van der Waals surface area contributed by atoms with E-state index >= 15 is 0 Å². The second-order valence-electron chi connectivity index (χ2n) is 8.84. The van der Waals surface area contributed by atoms with Crippen molar-refractivity contribution >= 4 is 17.7 Å². The first-order valence-electron chi connectivity index (χ1n) is 9.72. The van der Waals surface area contributed by atoms with Gasteiger partial charge in [-0.1, -0.05) is 6.92 Å². The molecule has 29 heavy (non-hydrogen) atoms. The van der Waals surface area contributed by atoms with E-state index in [4.69, 9.17) is 9.47 Å². The Hall–Kier alpha value is -1.81. The topological polar surface area (TPSA) is 134 Å². The van der Waals surface area contributed by atoms with Gasteiger partial charge in [-0.15, -0.1) is 0 Å². The first-order valence-corrected chi connectivity index (χ1v) is 9.72. The van der Waals surface area contributed by atoms with E-state index in [2.05, 4.69) is 0 Å². The third-order valence-corrected chi connectivity index (χ3v) is 5.00. The number of carbonyl (C=O) groups is 3. The molecule has 164 valence electrons. The molecule has 0 saturated carbocycles. The molecule has 2 aliphatic rings. The first kappa shape index (κ1) is 23.5. The van der Waals surface area contributed by atoms with Gasteiger partial charge in [0.25, 0.3) is 0 Å². The largest absolute Gasteiger partial charge is 0.460 e. The number of amides is 1. The molecule has 1 saturated heterocycles. The monoisotopic (exact) mass is 413 g/mol. The number of hydrogen-bond donors (Lipinski definition) is 3. The summed E-state index contributed by atoms with van der Waals surface area (Å²) in [5.74, 6) is -2.66. The zero-order valence-electron chi connectivity index (χ0n) is 17.5. The van der Waals surface area contributed by atoms with Crippen LogP contribution < -0.4 is 0 Å². The van der Waals surface area contributed by atoms with Crippen LogP contribution in [0.1, 0.15) is 40.5 Å². The fraction of sp³-hybridized carbons (Fsp3) is 0.750. The molecule has 0 aromatic carbocycles. The summed E-state index contributed by atoms with van der Waals surface area (Å²) in [6.07, 6.45) is -3.42. The predicted octanol–water partition coefficient (Wildman–Crippen LogP) is -0.233. The fourth-order valence-corrected chi connectivity index (χ4v) is 3.63. The Kier molecular flexibility index (Phi) is 7.21. The summed E-state index contributed by atoms with van der Waals surface area (Å²) < 4.78 is 10.7. The number of carbonyl (C=O) groups excluding carboxylic acids is 3. The average Bonchev–Trinajstić information content (AvgIpc) is 2.88. The van der Waals surface area contributed by atoms with Crippen molar-refractivity contribution in [3.05, 3.63) is 11.8 Å². The second-order valence-corrected chi connectivity index (χ2v) is 8.84. The summed E-state index contributed by atoms with van der Waals surface area (Å²) in [5, 5.41) is 29.4. The molecule has 6 atom stereocenters. The van der Waals surface area contributed by atoms with Crippen LogP contribution in [0.3, 0.4) is 0 Å². The molecule has 2 rings (SSSR count). The normalized spacial score (nSPS) is 31.7. The lowest BCUT2D eigenvalue weighted by Gasteiger charge is -2.31. The molecular weight excluding hydrogens is 382 g/mol. The average molecular weight is 413 g/mol. The highest BCUT2D eigenvalue weighted by atomic mass is 16.6. The van der Waals surface area contributed by atoms with Crippen LogP contribution in [0.2, 0.25) is 0 Å². The minimum absolute atomic E-state index is 0.0593. The Labute approximate surface area is 170 Å². The summed E-state index contributed by atoms with van der Waals surface area (Å²) in [6, 6.07) is 0. The molecule has 2 heterocycles. The predicted molar refractivity (Wildman–Crippen MR) is 101 cm³/mol. The van der Waals surface area contributed by atoms with E-state index in [0.717, 1.165) is 0 Å². The number of aliphatic hydroxyl groups excluding tert-OH is 3. The Morgan fingerprint density at radius 2 is 1.90 bits per heavy atom. The number of Topliss-reactive ketones (excluding diaryl/α,β-unsaturated/α-hetero) is 1. The molecule has 2 unspecified atom stereocenters. The van der Waals surface area contributed by atoms with E-state index in [0.29, 0.717) is 0 Å². The molecule has 1 amide bonds. The van der Waals surface area contributed by atoms with Gasteiger partial charge >= 0.3 is 5.97 Å². The Balaban J connectivity index is 2.12. The molecule has 0 bridgehead atoms. The Morgan fingerprint density at radius 1 is 1.28 bits per heavy atom. The van der Waals surface area contributed by atoms with Gasteiger partial charge in [0.1, 0.15) is 35.9 Å².